The summed E-state index contributed by atoms with van der Waals surface area (Å²) < 4.78 is 248. The van der Waals surface area contributed by atoms with Gasteiger partial charge in [-0.25, -0.2) is 0 Å². The summed E-state index contributed by atoms with van der Waals surface area (Å²) in [5, 5.41) is -0.671. The minimum atomic E-state index is -8.70. The lowest BCUT2D eigenvalue weighted by molar-refractivity contribution is -0.461. The van der Waals surface area contributed by atoms with Crippen LogP contribution in [0.3, 0.4) is 0 Å². The van der Waals surface area contributed by atoms with Gasteiger partial charge in [0, 0.05) is 27.1 Å². The topological polar surface area (TPSA) is 17.1 Å². The van der Waals surface area contributed by atoms with Crippen LogP contribution < -0.4 is 10.6 Å². The van der Waals surface area contributed by atoms with Crippen LogP contribution >= 0.6 is 29.7 Å². The molecule has 0 N–H and O–H groups in total. The average molecular weight is 802 g/mol. The molecule has 0 bridgehead atoms. The first-order valence-corrected chi connectivity index (χ1v) is 14.9. The van der Waals surface area contributed by atoms with Crippen LogP contribution in [0, 0.1) is 0 Å². The SMILES string of the molecule is O=P(c1ccccc1)(c1ccccc1)C(CCI)CC(F)(F)C(F)(F)C(F)(F)C(F)(F)C(F)(F)C(F)(F)C(F)(F)C(F)(F)F. The van der Waals surface area contributed by atoms with Crippen LogP contribution in [-0.2, 0) is 4.57 Å². The molecule has 0 saturated heterocycles. The summed E-state index contributed by atoms with van der Waals surface area (Å²) in [5.74, 6) is -57.0. The summed E-state index contributed by atoms with van der Waals surface area (Å²) in [5.41, 5.74) is -2.36. The van der Waals surface area contributed by atoms with E-state index in [4.69, 9.17) is 0 Å². The van der Waals surface area contributed by atoms with Crippen LogP contribution in [0.1, 0.15) is 12.8 Å². The molecule has 2 aromatic carbocycles. The van der Waals surface area contributed by atoms with Gasteiger partial charge in [0.05, 0.1) is 0 Å². The second-order valence-electron chi connectivity index (χ2n) is 9.31. The number of rotatable bonds is 13. The Kier molecular flexibility index (Phi) is 10.6. The van der Waals surface area contributed by atoms with Crippen LogP contribution in [0.4, 0.5) is 74.6 Å². The summed E-state index contributed by atoms with van der Waals surface area (Å²) in [6.45, 7) is 0. The first kappa shape index (κ1) is 38.4. The van der Waals surface area contributed by atoms with Gasteiger partial charge in [0.25, 0.3) is 0 Å². The van der Waals surface area contributed by atoms with E-state index in [2.05, 4.69) is 0 Å². The van der Waals surface area contributed by atoms with Crippen LogP contribution in [0.2, 0.25) is 0 Å². The molecule has 0 aliphatic carbocycles. The summed E-state index contributed by atoms with van der Waals surface area (Å²) >= 11 is 1.45. The van der Waals surface area contributed by atoms with Gasteiger partial charge in [0.2, 0.25) is 0 Å². The molecule has 44 heavy (non-hydrogen) atoms. The van der Waals surface area contributed by atoms with Crippen molar-refractivity contribution < 1.29 is 79.2 Å². The van der Waals surface area contributed by atoms with E-state index in [9.17, 15) is 70.4 Å². The van der Waals surface area contributed by atoms with E-state index >= 15 is 8.78 Å². The lowest BCUT2D eigenvalue weighted by Crippen LogP contribution is -2.74. The minimum Gasteiger partial charge on any atom is -0.313 e. The van der Waals surface area contributed by atoms with Crippen LogP contribution in [0.25, 0.3) is 0 Å². The molecule has 1 nitrogen and oxygen atoms in total. The van der Waals surface area contributed by atoms with E-state index in [0.717, 1.165) is 24.3 Å². The second-order valence-corrected chi connectivity index (χ2v) is 13.5. The Hall–Kier alpha value is -1.79. The predicted octanol–water partition coefficient (Wildman–Crippen LogP) is 9.59. The maximum atomic E-state index is 15.0. The molecule has 0 aromatic heterocycles. The van der Waals surface area contributed by atoms with Gasteiger partial charge in [-0.3, -0.25) is 0 Å². The first-order chi connectivity index (χ1) is 19.6. The zero-order valence-electron chi connectivity index (χ0n) is 21.1. The van der Waals surface area contributed by atoms with Gasteiger partial charge in [-0.05, 0) is 6.42 Å². The normalized spacial score (nSPS) is 15.8. The fraction of sp³-hybridized carbons (Fsp3) is 0.500. The van der Waals surface area contributed by atoms with Crippen molar-refractivity contribution in [2.24, 2.45) is 0 Å². The van der Waals surface area contributed by atoms with E-state index in [-0.39, 0.29) is 15.0 Å². The third-order valence-corrected chi connectivity index (χ3v) is 10.7. The third-order valence-electron chi connectivity index (χ3n) is 6.52. The second kappa shape index (κ2) is 12.1. The van der Waals surface area contributed by atoms with E-state index < -0.39 is 73.3 Å². The molecule has 1 atom stereocenters. The molecule has 0 heterocycles. The predicted molar refractivity (Wildman–Crippen MR) is 132 cm³/mol. The Morgan fingerprint density at radius 2 is 0.841 bits per heavy atom. The molecule has 0 radical (unpaired) electrons. The summed E-state index contributed by atoms with van der Waals surface area (Å²) in [7, 11) is -4.65. The fourth-order valence-electron chi connectivity index (χ4n) is 4.03. The molecule has 0 aliphatic heterocycles. The zero-order valence-corrected chi connectivity index (χ0v) is 24.2. The lowest BCUT2D eigenvalue weighted by atomic mass is 9.88. The molecule has 0 aliphatic rings. The van der Waals surface area contributed by atoms with Gasteiger partial charge < -0.3 is 4.57 Å². The highest BCUT2D eigenvalue weighted by Gasteiger charge is 2.95. The molecule has 0 spiro atoms. The van der Waals surface area contributed by atoms with Crippen molar-refractivity contribution in [3.8, 4) is 0 Å². The van der Waals surface area contributed by atoms with Crippen molar-refractivity contribution in [2.75, 3.05) is 4.43 Å². The molecule has 250 valence electrons. The Morgan fingerprint density at radius 1 is 0.523 bits per heavy atom. The monoisotopic (exact) mass is 802 g/mol. The number of hydrogen-bond acceptors (Lipinski definition) is 1. The van der Waals surface area contributed by atoms with E-state index in [0.29, 0.717) is 0 Å². The third kappa shape index (κ3) is 5.80. The fourth-order valence-corrected chi connectivity index (χ4v) is 8.62. The molecule has 1 unspecified atom stereocenters. The maximum Gasteiger partial charge on any atom is 0.460 e. The van der Waals surface area contributed by atoms with E-state index in [1.807, 2.05) is 0 Å². The van der Waals surface area contributed by atoms with Crippen molar-refractivity contribution >= 4 is 40.3 Å². The van der Waals surface area contributed by atoms with Crippen molar-refractivity contribution in [3.63, 3.8) is 0 Å². The standard InChI is InChI=1S/C24H17F17IOP/c25-17(26,13-16(11-12-42)44(43,14-7-3-1-4-8-14)15-9-5-2-6-10-15)18(27,28)19(29,30)20(31,32)21(33,34)22(35,36)23(37,38)24(39,40)41/h1-10,16H,11-13H2. The highest BCUT2D eigenvalue weighted by molar-refractivity contribution is 14.1. The molecular formula is C24H17F17IOP. The van der Waals surface area contributed by atoms with Gasteiger partial charge in [0.1, 0.15) is 7.14 Å². The summed E-state index contributed by atoms with van der Waals surface area (Å²) in [6, 6.07) is 11.7. The van der Waals surface area contributed by atoms with Crippen molar-refractivity contribution in [2.45, 2.75) is 66.1 Å². The van der Waals surface area contributed by atoms with Crippen LogP contribution in [0.15, 0.2) is 60.7 Å². The summed E-state index contributed by atoms with van der Waals surface area (Å²) in [6.07, 6.45) is -11.4. The van der Waals surface area contributed by atoms with Gasteiger partial charge in [0.15, 0.2) is 0 Å². The smallest absolute Gasteiger partial charge is 0.313 e. The number of benzene rings is 2. The van der Waals surface area contributed by atoms with Gasteiger partial charge in [-0.1, -0.05) is 83.3 Å². The average Bonchev–Trinajstić information content (AvgIpc) is 2.92. The van der Waals surface area contributed by atoms with E-state index in [1.165, 1.54) is 59.0 Å². The molecule has 2 aromatic rings. The highest BCUT2D eigenvalue weighted by atomic mass is 127. The molecule has 20 heteroatoms. The molecule has 0 amide bonds. The Bertz CT molecular complexity index is 1270. The molecule has 0 saturated carbocycles. The first-order valence-electron chi connectivity index (χ1n) is 11.6. The van der Waals surface area contributed by atoms with Crippen LogP contribution in [0.5, 0.6) is 0 Å². The molecule has 2 rings (SSSR count). The van der Waals surface area contributed by atoms with Crippen LogP contribution in [-0.4, -0.2) is 57.7 Å². The van der Waals surface area contributed by atoms with Gasteiger partial charge in [-0.15, -0.1) is 0 Å². The Balaban J connectivity index is 2.71. The largest absolute Gasteiger partial charge is 0.460 e. The maximum absolute atomic E-state index is 15.0. The molecule has 0 fully saturated rings. The quantitative estimate of drug-likeness (QED) is 0.0854. The summed E-state index contributed by atoms with van der Waals surface area (Å²) in [4.78, 5) is 0. The number of hydrogen-bond donors (Lipinski definition) is 0. The lowest BCUT2D eigenvalue weighted by Gasteiger charge is -2.43. The Morgan fingerprint density at radius 3 is 1.16 bits per heavy atom. The number of alkyl halides is 18. The van der Waals surface area contributed by atoms with Gasteiger partial charge in [-0.2, -0.15) is 74.6 Å². The highest BCUT2D eigenvalue weighted by Crippen LogP contribution is 2.65. The Labute approximate surface area is 250 Å². The minimum absolute atomic E-state index is 0.335. The van der Waals surface area contributed by atoms with Crippen molar-refractivity contribution in [1.29, 1.82) is 0 Å². The van der Waals surface area contributed by atoms with Crippen molar-refractivity contribution in [1.82, 2.24) is 0 Å². The van der Waals surface area contributed by atoms with E-state index in [1.54, 1.807) is 0 Å². The van der Waals surface area contributed by atoms with Gasteiger partial charge >= 0.3 is 47.6 Å². The molecular weight excluding hydrogens is 785 g/mol. The zero-order chi connectivity index (χ0) is 34.4. The van der Waals surface area contributed by atoms with Crippen molar-refractivity contribution in [3.05, 3.63) is 60.7 Å². The number of halogens is 18.